The average Bonchev–Trinajstić information content (AvgIpc) is 2.90. The number of thioether (sulfide) groups is 1. The molecule has 1 aliphatic heterocycles. The Bertz CT molecular complexity index is 892. The van der Waals surface area contributed by atoms with Crippen molar-refractivity contribution in [1.82, 2.24) is 10.4 Å². The lowest BCUT2D eigenvalue weighted by molar-refractivity contribution is -0.123. The van der Waals surface area contributed by atoms with E-state index in [4.69, 9.17) is 17.0 Å². The van der Waals surface area contributed by atoms with Crippen molar-refractivity contribution < 1.29 is 19.4 Å². The maximum atomic E-state index is 12.5. The lowest BCUT2D eigenvalue weighted by Crippen LogP contribution is -2.44. The number of hydrogen-bond donors (Lipinski definition) is 2. The van der Waals surface area contributed by atoms with Crippen LogP contribution in [0.2, 0.25) is 0 Å². The highest BCUT2D eigenvalue weighted by Crippen LogP contribution is 2.31. The molecule has 1 fully saturated rings. The Balaban J connectivity index is 1.74. The number of rotatable bonds is 4. The number of hydrogen-bond acceptors (Lipinski definition) is 6. The van der Waals surface area contributed by atoms with Crippen LogP contribution in [0.15, 0.2) is 53.4 Å². The van der Waals surface area contributed by atoms with Crippen LogP contribution >= 0.6 is 24.0 Å². The molecule has 2 N–H and O–H groups in total. The van der Waals surface area contributed by atoms with Gasteiger partial charge in [0.25, 0.3) is 11.8 Å². The Hall–Kier alpha value is -2.84. The third-order valence-corrected chi connectivity index (χ3v) is 4.85. The SMILES string of the molecule is COc1ccc(/C=C2\SC(=S)N(NC(=O)c3ccc(O)cc3)C2=O)cc1. The Kier molecular flexibility index (Phi) is 5.24. The van der Waals surface area contributed by atoms with Crippen molar-refractivity contribution in [2.24, 2.45) is 0 Å². The molecule has 2 aromatic rings. The predicted molar refractivity (Wildman–Crippen MR) is 104 cm³/mol. The van der Waals surface area contributed by atoms with Gasteiger partial charge in [0.05, 0.1) is 12.0 Å². The Morgan fingerprint density at radius 1 is 1.19 bits per heavy atom. The molecule has 0 spiro atoms. The minimum absolute atomic E-state index is 0.0505. The number of methoxy groups -OCH3 is 1. The third-order valence-electron chi connectivity index (χ3n) is 3.55. The highest BCUT2D eigenvalue weighted by molar-refractivity contribution is 8.26. The quantitative estimate of drug-likeness (QED) is 0.621. The number of amides is 2. The van der Waals surface area contributed by atoms with Gasteiger partial charge in [-0.25, -0.2) is 0 Å². The summed E-state index contributed by atoms with van der Waals surface area (Å²) in [6, 6.07) is 12.9. The second-order valence-corrected chi connectivity index (χ2v) is 6.95. The molecule has 0 aromatic heterocycles. The number of nitrogens with zero attached hydrogens (tertiary/aromatic N) is 1. The van der Waals surface area contributed by atoms with Crippen LogP contribution in [0.1, 0.15) is 15.9 Å². The molecule has 1 saturated heterocycles. The fraction of sp³-hybridized carbons (Fsp3) is 0.0556. The number of carbonyl (C=O) groups is 2. The topological polar surface area (TPSA) is 78.9 Å². The summed E-state index contributed by atoms with van der Waals surface area (Å²) >= 11 is 6.30. The number of ether oxygens (including phenoxy) is 1. The van der Waals surface area contributed by atoms with E-state index in [9.17, 15) is 14.7 Å². The number of phenolic OH excluding ortho intramolecular Hbond substituents is 1. The van der Waals surface area contributed by atoms with Gasteiger partial charge < -0.3 is 9.84 Å². The molecule has 0 saturated carbocycles. The normalized spacial score (nSPS) is 15.4. The zero-order valence-electron chi connectivity index (χ0n) is 13.6. The molecule has 0 aliphatic carbocycles. The average molecular weight is 386 g/mol. The molecule has 0 unspecified atom stereocenters. The Labute approximate surface area is 159 Å². The van der Waals surface area contributed by atoms with Crippen LogP contribution in [-0.2, 0) is 4.79 Å². The van der Waals surface area contributed by atoms with E-state index in [2.05, 4.69) is 5.43 Å². The van der Waals surface area contributed by atoms with Gasteiger partial charge in [-0.3, -0.25) is 15.0 Å². The molecule has 2 amide bonds. The van der Waals surface area contributed by atoms with Crippen LogP contribution in [0.3, 0.4) is 0 Å². The molecular weight excluding hydrogens is 372 g/mol. The Morgan fingerprint density at radius 3 is 2.46 bits per heavy atom. The third kappa shape index (κ3) is 3.87. The number of benzene rings is 2. The van der Waals surface area contributed by atoms with Gasteiger partial charge in [-0.15, -0.1) is 0 Å². The summed E-state index contributed by atoms with van der Waals surface area (Å²) in [6.07, 6.45) is 1.70. The van der Waals surface area contributed by atoms with E-state index in [1.54, 1.807) is 25.3 Å². The van der Waals surface area contributed by atoms with E-state index in [0.717, 1.165) is 28.1 Å². The summed E-state index contributed by atoms with van der Waals surface area (Å²) in [6.45, 7) is 0. The van der Waals surface area contributed by atoms with Gasteiger partial charge in [0.1, 0.15) is 11.5 Å². The molecule has 6 nitrogen and oxygen atoms in total. The zero-order valence-corrected chi connectivity index (χ0v) is 15.3. The molecule has 1 heterocycles. The van der Waals surface area contributed by atoms with Crippen molar-refractivity contribution in [3.8, 4) is 11.5 Å². The first-order chi connectivity index (χ1) is 12.5. The van der Waals surface area contributed by atoms with E-state index in [0.29, 0.717) is 10.5 Å². The predicted octanol–water partition coefficient (Wildman–Crippen LogP) is 2.95. The van der Waals surface area contributed by atoms with Crippen molar-refractivity contribution in [3.63, 3.8) is 0 Å². The van der Waals surface area contributed by atoms with Crippen LogP contribution in [-0.4, -0.2) is 33.4 Å². The minimum Gasteiger partial charge on any atom is -0.508 e. The first-order valence-corrected chi connectivity index (χ1v) is 8.72. The van der Waals surface area contributed by atoms with Gasteiger partial charge in [0.15, 0.2) is 4.32 Å². The molecule has 0 bridgehead atoms. The van der Waals surface area contributed by atoms with Gasteiger partial charge in [-0.1, -0.05) is 23.9 Å². The summed E-state index contributed by atoms with van der Waals surface area (Å²) in [4.78, 5) is 25.2. The Morgan fingerprint density at radius 2 is 1.85 bits per heavy atom. The number of thiocarbonyl (C=S) groups is 1. The summed E-state index contributed by atoms with van der Waals surface area (Å²) < 4.78 is 5.34. The second kappa shape index (κ2) is 7.59. The number of aromatic hydroxyl groups is 1. The fourth-order valence-corrected chi connectivity index (χ4v) is 3.37. The molecule has 0 radical (unpaired) electrons. The van der Waals surface area contributed by atoms with Gasteiger partial charge in [-0.2, -0.15) is 5.01 Å². The first kappa shape index (κ1) is 18.0. The highest BCUT2D eigenvalue weighted by Gasteiger charge is 2.33. The molecule has 132 valence electrons. The lowest BCUT2D eigenvalue weighted by atomic mass is 10.2. The zero-order chi connectivity index (χ0) is 18.7. The van der Waals surface area contributed by atoms with E-state index in [1.165, 1.54) is 24.3 Å². The maximum absolute atomic E-state index is 12.5. The van der Waals surface area contributed by atoms with E-state index in [1.807, 2.05) is 12.1 Å². The number of hydrazine groups is 1. The van der Waals surface area contributed by atoms with Crippen LogP contribution in [0.5, 0.6) is 11.5 Å². The monoisotopic (exact) mass is 386 g/mol. The molecule has 2 aromatic carbocycles. The number of carbonyl (C=O) groups excluding carboxylic acids is 2. The molecule has 3 rings (SSSR count). The largest absolute Gasteiger partial charge is 0.508 e. The molecule has 26 heavy (non-hydrogen) atoms. The van der Waals surface area contributed by atoms with Crippen molar-refractivity contribution in [2.75, 3.05) is 7.11 Å². The van der Waals surface area contributed by atoms with Gasteiger partial charge in [0, 0.05) is 5.56 Å². The van der Waals surface area contributed by atoms with Crippen LogP contribution < -0.4 is 10.2 Å². The van der Waals surface area contributed by atoms with Crippen molar-refractivity contribution in [3.05, 3.63) is 64.6 Å². The van der Waals surface area contributed by atoms with Gasteiger partial charge >= 0.3 is 0 Å². The smallest absolute Gasteiger partial charge is 0.285 e. The fourth-order valence-electron chi connectivity index (χ4n) is 2.19. The van der Waals surface area contributed by atoms with Crippen LogP contribution in [0.4, 0.5) is 0 Å². The number of nitrogens with one attached hydrogen (secondary N) is 1. The summed E-state index contributed by atoms with van der Waals surface area (Å²) in [5.41, 5.74) is 3.61. The summed E-state index contributed by atoms with van der Waals surface area (Å²) in [7, 11) is 1.58. The van der Waals surface area contributed by atoms with E-state index in [-0.39, 0.29) is 10.1 Å². The standard InChI is InChI=1S/C18H14N2O4S2/c1-24-14-8-2-11(3-9-14)10-15-17(23)20(18(25)26-15)19-16(22)12-4-6-13(21)7-5-12/h2-10,21H,1H3,(H,19,22)/b15-10-. The number of phenols is 1. The molecule has 1 aliphatic rings. The van der Waals surface area contributed by atoms with Gasteiger partial charge in [-0.05, 0) is 60.3 Å². The second-order valence-electron chi connectivity index (χ2n) is 5.28. The minimum atomic E-state index is -0.494. The van der Waals surface area contributed by atoms with Crippen molar-refractivity contribution >= 4 is 46.2 Å². The van der Waals surface area contributed by atoms with Crippen molar-refractivity contribution in [2.45, 2.75) is 0 Å². The van der Waals surface area contributed by atoms with Crippen LogP contribution in [0.25, 0.3) is 6.08 Å². The maximum Gasteiger partial charge on any atom is 0.285 e. The molecule has 0 atom stereocenters. The first-order valence-electron chi connectivity index (χ1n) is 7.50. The van der Waals surface area contributed by atoms with E-state index >= 15 is 0 Å². The van der Waals surface area contributed by atoms with Crippen LogP contribution in [0, 0.1) is 0 Å². The van der Waals surface area contributed by atoms with Crippen molar-refractivity contribution in [1.29, 1.82) is 0 Å². The summed E-state index contributed by atoms with van der Waals surface area (Å²) in [5, 5.41) is 10.3. The lowest BCUT2D eigenvalue weighted by Gasteiger charge is -2.15. The summed E-state index contributed by atoms with van der Waals surface area (Å²) in [5.74, 6) is -0.125. The molecule has 8 heteroatoms. The van der Waals surface area contributed by atoms with Gasteiger partial charge in [0.2, 0.25) is 0 Å². The highest BCUT2D eigenvalue weighted by atomic mass is 32.2. The molecular formula is C18H14N2O4S2. The van der Waals surface area contributed by atoms with E-state index < -0.39 is 11.8 Å².